The molecule has 0 spiro atoms. The highest BCUT2D eigenvalue weighted by Gasteiger charge is 2.11. The maximum absolute atomic E-state index is 8.80. The van der Waals surface area contributed by atoms with E-state index in [0.29, 0.717) is 5.75 Å². The first-order chi connectivity index (χ1) is 6.63. The van der Waals surface area contributed by atoms with Gasteiger partial charge in [0.05, 0.1) is 0 Å². The van der Waals surface area contributed by atoms with Crippen LogP contribution in [0.3, 0.4) is 0 Å². The van der Waals surface area contributed by atoms with E-state index in [9.17, 15) is 0 Å². The van der Waals surface area contributed by atoms with Crippen LogP contribution in [0, 0.1) is 0 Å². The quantitative estimate of drug-likeness (QED) is 0.712. The van der Waals surface area contributed by atoms with Gasteiger partial charge < -0.3 is 14.9 Å². The van der Waals surface area contributed by atoms with E-state index in [1.165, 1.54) is 0 Å². The lowest BCUT2D eigenvalue weighted by Crippen LogP contribution is -2.27. The molecule has 1 rings (SSSR count). The van der Waals surface area contributed by atoms with E-state index < -0.39 is 12.4 Å². The zero-order chi connectivity index (χ0) is 10.6. The average molecular weight is 194 g/mol. The summed E-state index contributed by atoms with van der Waals surface area (Å²) in [5.41, 5.74) is 0.995. The lowest BCUT2D eigenvalue weighted by Gasteiger charge is -2.16. The minimum Gasteiger partial charge on any atom is -0.485 e. The van der Waals surface area contributed by atoms with Gasteiger partial charge in [-0.1, -0.05) is 24.8 Å². The maximum Gasteiger partial charge on any atom is 0.189 e. The summed E-state index contributed by atoms with van der Waals surface area (Å²) in [6.45, 7) is 5.22. The summed E-state index contributed by atoms with van der Waals surface area (Å²) in [6.07, 6.45) is -0.368. The number of hydrogen-bond acceptors (Lipinski definition) is 3. The molecule has 0 bridgehead atoms. The first-order valence-corrected chi connectivity index (χ1v) is 4.39. The van der Waals surface area contributed by atoms with E-state index in [1.54, 1.807) is 25.1 Å². The Morgan fingerprint density at radius 3 is 2.29 bits per heavy atom. The molecule has 0 aliphatic rings. The Hall–Kier alpha value is -1.32. The second-order valence-corrected chi connectivity index (χ2v) is 3.01. The molecule has 14 heavy (non-hydrogen) atoms. The fourth-order valence-corrected chi connectivity index (χ4v) is 0.958. The molecule has 3 heteroatoms. The van der Waals surface area contributed by atoms with Crippen molar-refractivity contribution in [2.24, 2.45) is 0 Å². The van der Waals surface area contributed by atoms with Crippen molar-refractivity contribution in [3.05, 3.63) is 36.4 Å². The molecule has 1 unspecified atom stereocenters. The van der Waals surface area contributed by atoms with Crippen molar-refractivity contribution < 1.29 is 14.9 Å². The van der Waals surface area contributed by atoms with Crippen molar-refractivity contribution >= 4 is 6.08 Å². The molecule has 76 valence electrons. The molecular weight excluding hydrogens is 180 g/mol. The van der Waals surface area contributed by atoms with Crippen molar-refractivity contribution in [1.82, 2.24) is 0 Å². The molecular formula is C11H14O3. The van der Waals surface area contributed by atoms with Gasteiger partial charge >= 0.3 is 0 Å². The summed E-state index contributed by atoms with van der Waals surface area (Å²) in [6, 6.07) is 7.21. The predicted molar refractivity (Wildman–Crippen MR) is 54.8 cm³/mol. The highest BCUT2D eigenvalue weighted by Crippen LogP contribution is 2.14. The highest BCUT2D eigenvalue weighted by atomic mass is 16.6. The fourth-order valence-electron chi connectivity index (χ4n) is 0.958. The number of ether oxygens (including phenoxy) is 1. The summed E-state index contributed by atoms with van der Waals surface area (Å²) in [5.74, 6) is 0.608. The van der Waals surface area contributed by atoms with Crippen LogP contribution in [0.15, 0.2) is 30.8 Å². The SMILES string of the molecule is C=Cc1ccc(OC(C)C(O)O)cc1. The Morgan fingerprint density at radius 1 is 1.29 bits per heavy atom. The number of aliphatic hydroxyl groups excluding tert-OH is 1. The molecule has 0 aliphatic carbocycles. The summed E-state index contributed by atoms with van der Waals surface area (Å²) in [7, 11) is 0. The van der Waals surface area contributed by atoms with E-state index >= 15 is 0 Å². The monoisotopic (exact) mass is 194 g/mol. The zero-order valence-electron chi connectivity index (χ0n) is 8.05. The molecule has 1 aromatic carbocycles. The minimum absolute atomic E-state index is 0.608. The van der Waals surface area contributed by atoms with Crippen molar-refractivity contribution in [1.29, 1.82) is 0 Å². The highest BCUT2D eigenvalue weighted by molar-refractivity contribution is 5.48. The van der Waals surface area contributed by atoms with Crippen LogP contribution in [0.25, 0.3) is 6.08 Å². The molecule has 0 saturated heterocycles. The van der Waals surface area contributed by atoms with Crippen LogP contribution < -0.4 is 4.74 Å². The van der Waals surface area contributed by atoms with Gasteiger partial charge in [0.2, 0.25) is 0 Å². The van der Waals surface area contributed by atoms with Crippen LogP contribution in [0.1, 0.15) is 12.5 Å². The molecule has 0 saturated carbocycles. The van der Waals surface area contributed by atoms with E-state index in [0.717, 1.165) is 5.56 Å². The van der Waals surface area contributed by atoms with Gasteiger partial charge in [-0.3, -0.25) is 0 Å². The topological polar surface area (TPSA) is 49.7 Å². The van der Waals surface area contributed by atoms with Crippen molar-refractivity contribution in [2.45, 2.75) is 19.3 Å². The van der Waals surface area contributed by atoms with Crippen molar-refractivity contribution in [2.75, 3.05) is 0 Å². The molecule has 1 atom stereocenters. The number of hydrogen-bond donors (Lipinski definition) is 2. The largest absolute Gasteiger partial charge is 0.485 e. The zero-order valence-corrected chi connectivity index (χ0v) is 8.05. The van der Waals surface area contributed by atoms with Crippen LogP contribution in [-0.2, 0) is 0 Å². The number of benzene rings is 1. The van der Waals surface area contributed by atoms with Gasteiger partial charge in [-0.15, -0.1) is 0 Å². The summed E-state index contributed by atoms with van der Waals surface area (Å²) >= 11 is 0. The Kier molecular flexibility index (Phi) is 3.68. The van der Waals surface area contributed by atoms with Crippen molar-refractivity contribution in [3.8, 4) is 5.75 Å². The third kappa shape index (κ3) is 2.87. The third-order valence-corrected chi connectivity index (χ3v) is 1.86. The Labute approximate surface area is 83.3 Å². The smallest absolute Gasteiger partial charge is 0.189 e. The first-order valence-electron chi connectivity index (χ1n) is 4.39. The molecule has 2 N–H and O–H groups in total. The average Bonchev–Trinajstić information content (AvgIpc) is 2.19. The number of rotatable bonds is 4. The lowest BCUT2D eigenvalue weighted by molar-refractivity contribution is -0.105. The van der Waals surface area contributed by atoms with E-state index in [2.05, 4.69) is 6.58 Å². The van der Waals surface area contributed by atoms with E-state index in [1.807, 2.05) is 12.1 Å². The Morgan fingerprint density at radius 2 is 1.86 bits per heavy atom. The molecule has 0 radical (unpaired) electrons. The van der Waals surface area contributed by atoms with Gasteiger partial charge in [-0.05, 0) is 24.6 Å². The minimum atomic E-state index is -1.46. The molecule has 0 amide bonds. The predicted octanol–water partition coefficient (Wildman–Crippen LogP) is 1.41. The van der Waals surface area contributed by atoms with E-state index in [-0.39, 0.29) is 0 Å². The molecule has 0 aromatic heterocycles. The Balaban J connectivity index is 2.64. The van der Waals surface area contributed by atoms with Gasteiger partial charge in [0.15, 0.2) is 6.29 Å². The van der Waals surface area contributed by atoms with Gasteiger partial charge in [-0.25, -0.2) is 0 Å². The Bertz CT molecular complexity index is 290. The first kappa shape index (κ1) is 10.8. The molecule has 0 fully saturated rings. The van der Waals surface area contributed by atoms with Gasteiger partial charge in [-0.2, -0.15) is 0 Å². The van der Waals surface area contributed by atoms with Crippen LogP contribution in [0.2, 0.25) is 0 Å². The lowest BCUT2D eigenvalue weighted by atomic mass is 10.2. The van der Waals surface area contributed by atoms with Crippen LogP contribution in [0.4, 0.5) is 0 Å². The second-order valence-electron chi connectivity index (χ2n) is 3.01. The number of aliphatic hydroxyl groups is 2. The second kappa shape index (κ2) is 4.79. The van der Waals surface area contributed by atoms with Gasteiger partial charge in [0, 0.05) is 0 Å². The molecule has 0 aliphatic heterocycles. The fraction of sp³-hybridized carbons (Fsp3) is 0.273. The molecule has 3 nitrogen and oxygen atoms in total. The summed E-state index contributed by atoms with van der Waals surface area (Å²) < 4.78 is 5.24. The van der Waals surface area contributed by atoms with E-state index in [4.69, 9.17) is 14.9 Å². The summed E-state index contributed by atoms with van der Waals surface area (Å²) in [5, 5.41) is 17.6. The van der Waals surface area contributed by atoms with Crippen molar-refractivity contribution in [3.63, 3.8) is 0 Å². The van der Waals surface area contributed by atoms with Crippen LogP contribution in [-0.4, -0.2) is 22.6 Å². The standard InChI is InChI=1S/C11H14O3/c1-3-9-4-6-10(7-5-9)14-8(2)11(12)13/h3-8,11-13H,1H2,2H3. The van der Waals surface area contributed by atoms with Crippen LogP contribution in [0.5, 0.6) is 5.75 Å². The third-order valence-electron chi connectivity index (χ3n) is 1.86. The normalized spacial score (nSPS) is 12.6. The maximum atomic E-state index is 8.80. The summed E-state index contributed by atoms with van der Waals surface area (Å²) in [4.78, 5) is 0. The van der Waals surface area contributed by atoms with Gasteiger partial charge in [0.25, 0.3) is 0 Å². The molecule has 0 heterocycles. The van der Waals surface area contributed by atoms with Crippen LogP contribution >= 0.6 is 0 Å². The molecule has 1 aromatic rings. The van der Waals surface area contributed by atoms with Gasteiger partial charge in [0.1, 0.15) is 11.9 Å².